The van der Waals surface area contributed by atoms with Gasteiger partial charge in [0.2, 0.25) is 0 Å². The lowest BCUT2D eigenvalue weighted by Gasteiger charge is -2.17. The molecule has 2 rings (SSSR count). The highest BCUT2D eigenvalue weighted by Crippen LogP contribution is 2.24. The zero-order valence-corrected chi connectivity index (χ0v) is 15.8. The van der Waals surface area contributed by atoms with E-state index in [1.165, 1.54) is 12.7 Å². The van der Waals surface area contributed by atoms with Gasteiger partial charge in [0.25, 0.3) is 5.91 Å². The Hall–Kier alpha value is -2.82. The van der Waals surface area contributed by atoms with Gasteiger partial charge in [0.05, 0.1) is 18.4 Å². The second-order valence-corrected chi connectivity index (χ2v) is 6.46. The molecule has 0 fully saturated rings. The van der Waals surface area contributed by atoms with Crippen LogP contribution in [-0.2, 0) is 9.53 Å². The summed E-state index contributed by atoms with van der Waals surface area (Å²) < 4.78 is 10.5. The molecule has 0 spiro atoms. The maximum Gasteiger partial charge on any atom is 0.339 e. The summed E-state index contributed by atoms with van der Waals surface area (Å²) in [7, 11) is 1.30. The van der Waals surface area contributed by atoms with Gasteiger partial charge in [-0.05, 0) is 55.2 Å². The fourth-order valence-electron chi connectivity index (χ4n) is 2.74. The Morgan fingerprint density at radius 2 is 1.73 bits per heavy atom. The van der Waals surface area contributed by atoms with E-state index in [2.05, 4.69) is 19.2 Å². The molecular formula is C21H25NO4. The van der Waals surface area contributed by atoms with Crippen LogP contribution in [0.4, 0.5) is 5.69 Å². The molecule has 0 aliphatic heterocycles. The van der Waals surface area contributed by atoms with Crippen LogP contribution in [0.5, 0.6) is 5.75 Å². The summed E-state index contributed by atoms with van der Waals surface area (Å²) in [5, 5.41) is 2.73. The Kier molecular flexibility index (Phi) is 6.39. The molecule has 2 aromatic rings. The van der Waals surface area contributed by atoms with Crippen molar-refractivity contribution >= 4 is 17.6 Å². The summed E-state index contributed by atoms with van der Waals surface area (Å²) in [6, 6.07) is 12.5. The maximum absolute atomic E-state index is 12.5. The van der Waals surface area contributed by atoms with E-state index in [1.54, 1.807) is 31.2 Å². The quantitative estimate of drug-likeness (QED) is 0.784. The van der Waals surface area contributed by atoms with Gasteiger partial charge in [-0.15, -0.1) is 0 Å². The zero-order chi connectivity index (χ0) is 19.3. The van der Waals surface area contributed by atoms with E-state index < -0.39 is 12.1 Å². The molecule has 0 bridgehead atoms. The van der Waals surface area contributed by atoms with Gasteiger partial charge >= 0.3 is 5.97 Å². The number of hydrogen-bond donors (Lipinski definition) is 1. The first-order valence-corrected chi connectivity index (χ1v) is 8.59. The van der Waals surface area contributed by atoms with Crippen molar-refractivity contribution in [1.29, 1.82) is 0 Å². The third kappa shape index (κ3) is 4.63. The molecule has 0 aliphatic rings. The topological polar surface area (TPSA) is 64.6 Å². The van der Waals surface area contributed by atoms with Crippen LogP contribution in [0.25, 0.3) is 0 Å². The smallest absolute Gasteiger partial charge is 0.339 e. The van der Waals surface area contributed by atoms with Crippen LogP contribution in [0.1, 0.15) is 48.2 Å². The fraction of sp³-hybridized carbons (Fsp3) is 0.333. The molecular weight excluding hydrogens is 330 g/mol. The van der Waals surface area contributed by atoms with Crippen LogP contribution < -0.4 is 10.1 Å². The minimum Gasteiger partial charge on any atom is -0.481 e. The fourth-order valence-corrected chi connectivity index (χ4v) is 2.74. The Bertz CT molecular complexity index is 798. The number of carbonyl (C=O) groups is 2. The van der Waals surface area contributed by atoms with Gasteiger partial charge in [-0.25, -0.2) is 4.79 Å². The number of benzene rings is 2. The van der Waals surface area contributed by atoms with Gasteiger partial charge in [0, 0.05) is 0 Å². The predicted molar refractivity (Wildman–Crippen MR) is 102 cm³/mol. The molecule has 0 aliphatic carbocycles. The molecule has 0 radical (unpaired) electrons. The lowest BCUT2D eigenvalue weighted by Crippen LogP contribution is -2.30. The average molecular weight is 355 g/mol. The van der Waals surface area contributed by atoms with Crippen molar-refractivity contribution < 1.29 is 19.1 Å². The van der Waals surface area contributed by atoms with Crippen molar-refractivity contribution in [1.82, 2.24) is 0 Å². The molecule has 2 aromatic carbocycles. The van der Waals surface area contributed by atoms with Gasteiger partial charge in [0.1, 0.15) is 5.75 Å². The molecule has 26 heavy (non-hydrogen) atoms. The standard InChI is InChI=1S/C21H25NO4/c1-13(2)17-11-10-16(12-14(17)3)26-15(4)20(23)22-19-9-7-6-8-18(19)21(24)25-5/h6-13,15H,1-5H3,(H,22,23). The molecule has 0 saturated carbocycles. The number of para-hydroxylation sites is 1. The Morgan fingerprint density at radius 3 is 2.35 bits per heavy atom. The number of esters is 1. The molecule has 0 heterocycles. The number of aryl methyl sites for hydroxylation is 1. The molecule has 1 amide bonds. The van der Waals surface area contributed by atoms with Crippen LogP contribution in [-0.4, -0.2) is 25.1 Å². The maximum atomic E-state index is 12.5. The van der Waals surface area contributed by atoms with Crippen molar-refractivity contribution in [3.8, 4) is 5.75 Å². The van der Waals surface area contributed by atoms with Gasteiger partial charge in [-0.2, -0.15) is 0 Å². The third-order valence-corrected chi connectivity index (χ3v) is 4.14. The van der Waals surface area contributed by atoms with E-state index in [-0.39, 0.29) is 5.91 Å². The van der Waals surface area contributed by atoms with Gasteiger partial charge in [0.15, 0.2) is 6.10 Å². The van der Waals surface area contributed by atoms with Crippen LogP contribution in [0.15, 0.2) is 42.5 Å². The highest BCUT2D eigenvalue weighted by molar-refractivity contribution is 6.02. The van der Waals surface area contributed by atoms with E-state index in [0.29, 0.717) is 22.9 Å². The molecule has 0 saturated heterocycles. The first kappa shape index (κ1) is 19.5. The van der Waals surface area contributed by atoms with Crippen LogP contribution >= 0.6 is 0 Å². The van der Waals surface area contributed by atoms with E-state index >= 15 is 0 Å². The first-order valence-electron chi connectivity index (χ1n) is 8.59. The van der Waals surface area contributed by atoms with Crippen molar-refractivity contribution in [2.24, 2.45) is 0 Å². The molecule has 1 unspecified atom stereocenters. The summed E-state index contributed by atoms with van der Waals surface area (Å²) in [5.41, 5.74) is 3.07. The summed E-state index contributed by atoms with van der Waals surface area (Å²) in [4.78, 5) is 24.2. The minimum absolute atomic E-state index is 0.299. The summed E-state index contributed by atoms with van der Waals surface area (Å²) in [6.07, 6.45) is -0.718. The molecule has 1 atom stereocenters. The van der Waals surface area contributed by atoms with E-state index in [1.807, 2.05) is 25.1 Å². The van der Waals surface area contributed by atoms with Crippen LogP contribution in [0, 0.1) is 6.92 Å². The number of hydrogen-bond acceptors (Lipinski definition) is 4. The van der Waals surface area contributed by atoms with Gasteiger partial charge in [-0.3, -0.25) is 4.79 Å². The molecule has 5 nitrogen and oxygen atoms in total. The Balaban J connectivity index is 2.09. The number of ether oxygens (including phenoxy) is 2. The molecule has 5 heteroatoms. The van der Waals surface area contributed by atoms with Crippen molar-refractivity contribution in [3.05, 3.63) is 59.2 Å². The van der Waals surface area contributed by atoms with Crippen molar-refractivity contribution in [2.75, 3.05) is 12.4 Å². The van der Waals surface area contributed by atoms with E-state index in [4.69, 9.17) is 9.47 Å². The lowest BCUT2D eigenvalue weighted by atomic mass is 9.98. The average Bonchev–Trinajstić information content (AvgIpc) is 2.61. The molecule has 0 aromatic heterocycles. The van der Waals surface area contributed by atoms with Gasteiger partial charge in [-0.1, -0.05) is 32.0 Å². The number of rotatable bonds is 6. The highest BCUT2D eigenvalue weighted by Gasteiger charge is 2.19. The lowest BCUT2D eigenvalue weighted by molar-refractivity contribution is -0.122. The Labute approximate surface area is 154 Å². The van der Waals surface area contributed by atoms with Crippen molar-refractivity contribution in [2.45, 2.75) is 39.7 Å². The summed E-state index contributed by atoms with van der Waals surface area (Å²) in [5.74, 6) is 0.219. The third-order valence-electron chi connectivity index (χ3n) is 4.14. The van der Waals surface area contributed by atoms with Crippen LogP contribution in [0.3, 0.4) is 0 Å². The van der Waals surface area contributed by atoms with Gasteiger partial charge < -0.3 is 14.8 Å². The molecule has 1 N–H and O–H groups in total. The van der Waals surface area contributed by atoms with Crippen molar-refractivity contribution in [3.63, 3.8) is 0 Å². The first-order chi connectivity index (χ1) is 12.3. The summed E-state index contributed by atoms with van der Waals surface area (Å²) in [6.45, 7) is 7.97. The number of methoxy groups -OCH3 is 1. The summed E-state index contributed by atoms with van der Waals surface area (Å²) >= 11 is 0. The second kappa shape index (κ2) is 8.52. The normalized spacial score (nSPS) is 11.8. The largest absolute Gasteiger partial charge is 0.481 e. The second-order valence-electron chi connectivity index (χ2n) is 6.46. The highest BCUT2D eigenvalue weighted by atomic mass is 16.5. The van der Waals surface area contributed by atoms with Crippen LogP contribution in [0.2, 0.25) is 0 Å². The molecule has 138 valence electrons. The SMILES string of the molecule is COC(=O)c1ccccc1NC(=O)C(C)Oc1ccc(C(C)C)c(C)c1. The number of amides is 1. The number of nitrogens with one attached hydrogen (secondary N) is 1. The minimum atomic E-state index is -0.718. The number of anilines is 1. The number of carbonyl (C=O) groups excluding carboxylic acids is 2. The van der Waals surface area contributed by atoms with E-state index in [0.717, 1.165) is 5.56 Å². The Morgan fingerprint density at radius 1 is 1.04 bits per heavy atom. The van der Waals surface area contributed by atoms with E-state index in [9.17, 15) is 9.59 Å². The monoisotopic (exact) mass is 355 g/mol. The zero-order valence-electron chi connectivity index (χ0n) is 15.8. The predicted octanol–water partition coefficient (Wildman–Crippen LogP) is 4.31.